The molecule has 0 fully saturated rings. The van der Waals surface area contributed by atoms with E-state index in [-0.39, 0.29) is 5.91 Å². The van der Waals surface area contributed by atoms with Crippen LogP contribution >= 0.6 is 0 Å². The summed E-state index contributed by atoms with van der Waals surface area (Å²) in [5, 5.41) is 16.8. The number of carbonyl (C=O) groups excluding carboxylic acids is 2. The predicted molar refractivity (Wildman–Crippen MR) is 128 cm³/mol. The van der Waals surface area contributed by atoms with Gasteiger partial charge >= 0.3 is 6.03 Å². The lowest BCUT2D eigenvalue weighted by Crippen LogP contribution is -2.48. The van der Waals surface area contributed by atoms with E-state index in [4.69, 9.17) is 0 Å². The number of rotatable bonds is 3. The fourth-order valence-electron chi connectivity index (χ4n) is 3.79. The Kier molecular flexibility index (Phi) is 6.48. The zero-order valence-corrected chi connectivity index (χ0v) is 19.4. The molecule has 34 heavy (non-hydrogen) atoms. The van der Waals surface area contributed by atoms with E-state index in [2.05, 4.69) is 27.2 Å². The van der Waals surface area contributed by atoms with Crippen molar-refractivity contribution < 1.29 is 14.7 Å². The molecule has 3 heterocycles. The minimum absolute atomic E-state index is 0.208. The summed E-state index contributed by atoms with van der Waals surface area (Å²) in [4.78, 5) is 31.8. The molecule has 1 aliphatic heterocycles. The summed E-state index contributed by atoms with van der Waals surface area (Å²) in [5.41, 5.74) is 3.09. The highest BCUT2D eigenvalue weighted by Crippen LogP contribution is 2.27. The van der Waals surface area contributed by atoms with E-state index in [1.807, 2.05) is 36.4 Å². The van der Waals surface area contributed by atoms with E-state index in [1.165, 1.54) is 4.68 Å². The van der Waals surface area contributed by atoms with E-state index in [0.717, 1.165) is 22.5 Å². The van der Waals surface area contributed by atoms with Gasteiger partial charge in [0.1, 0.15) is 11.6 Å². The number of nitrogens with zero attached hydrogens (tertiary/aromatic N) is 4. The molecule has 0 bridgehead atoms. The number of hydrogen-bond donors (Lipinski definition) is 2. The molecule has 0 saturated carbocycles. The molecule has 0 spiro atoms. The maximum absolute atomic E-state index is 13.1. The second kappa shape index (κ2) is 9.49. The van der Waals surface area contributed by atoms with Crippen LogP contribution in [-0.4, -0.2) is 50.5 Å². The summed E-state index contributed by atoms with van der Waals surface area (Å²) >= 11 is 0. The van der Waals surface area contributed by atoms with Crippen LogP contribution in [0.1, 0.15) is 42.7 Å². The summed E-state index contributed by atoms with van der Waals surface area (Å²) in [6.07, 6.45) is 6.66. The number of aliphatic hydroxyl groups is 1. The van der Waals surface area contributed by atoms with Gasteiger partial charge in [-0.2, -0.15) is 9.78 Å². The van der Waals surface area contributed by atoms with Crippen molar-refractivity contribution in [1.82, 2.24) is 20.1 Å². The molecule has 0 aliphatic carbocycles. The molecule has 1 aromatic carbocycles. The highest BCUT2D eigenvalue weighted by Gasteiger charge is 2.30. The smallest absolute Gasteiger partial charge is 0.342 e. The molecule has 3 aromatic rings. The van der Waals surface area contributed by atoms with Crippen LogP contribution in [-0.2, 0) is 17.6 Å². The summed E-state index contributed by atoms with van der Waals surface area (Å²) < 4.78 is 1.22. The fraction of sp³-hybridized carbons (Fsp3) is 0.308. The first kappa shape index (κ1) is 23.2. The highest BCUT2D eigenvalue weighted by molar-refractivity contribution is 6.00. The lowest BCUT2D eigenvalue weighted by atomic mass is 10.0. The Bertz CT molecular complexity index is 1260. The van der Waals surface area contributed by atoms with Crippen LogP contribution in [0, 0.1) is 11.8 Å². The molecule has 2 aromatic heterocycles. The van der Waals surface area contributed by atoms with Gasteiger partial charge in [-0.1, -0.05) is 24.0 Å². The largest absolute Gasteiger partial charge is 0.378 e. The van der Waals surface area contributed by atoms with Gasteiger partial charge in [0.25, 0.3) is 0 Å². The molecule has 1 atom stereocenters. The maximum atomic E-state index is 13.1. The molecule has 174 valence electrons. The molecule has 0 saturated heterocycles. The average Bonchev–Trinajstić information content (AvgIpc) is 3.24. The summed E-state index contributed by atoms with van der Waals surface area (Å²) in [6.45, 7) is 3.24. The van der Waals surface area contributed by atoms with Gasteiger partial charge in [0, 0.05) is 42.8 Å². The van der Waals surface area contributed by atoms with Crippen LogP contribution in [0.3, 0.4) is 0 Å². The standard InChI is InChI=1S/C26H27N5O3/c1-26(2,34)12-11-18-7-8-20-9-10-22(24(32)30(3)23(20)15-18)29-25(33)31-17-19(16-28-31)14-21-6-4-5-13-27-21/h4-8,13,15-17,22,34H,9-10,14H2,1-3H3,(H,29,33)/t22-/m0/s1. The molecule has 0 radical (unpaired) electrons. The van der Waals surface area contributed by atoms with Gasteiger partial charge < -0.3 is 15.3 Å². The molecular formula is C26H27N5O3. The van der Waals surface area contributed by atoms with Crippen LogP contribution in [0.15, 0.2) is 55.0 Å². The third-order valence-corrected chi connectivity index (χ3v) is 5.54. The van der Waals surface area contributed by atoms with Gasteiger partial charge in [0.2, 0.25) is 5.91 Å². The van der Waals surface area contributed by atoms with Gasteiger partial charge in [-0.3, -0.25) is 9.78 Å². The zero-order chi connectivity index (χ0) is 24.3. The van der Waals surface area contributed by atoms with Crippen LogP contribution < -0.4 is 10.2 Å². The number of nitrogens with one attached hydrogen (secondary N) is 1. The van der Waals surface area contributed by atoms with E-state index < -0.39 is 17.7 Å². The number of aryl methyl sites for hydroxylation is 1. The minimum atomic E-state index is -1.10. The van der Waals surface area contributed by atoms with E-state index in [9.17, 15) is 14.7 Å². The van der Waals surface area contributed by atoms with Gasteiger partial charge in [-0.15, -0.1) is 0 Å². The number of anilines is 1. The Morgan fingerprint density at radius 3 is 2.85 bits per heavy atom. The number of amides is 2. The van der Waals surface area contributed by atoms with Crippen molar-refractivity contribution in [3.63, 3.8) is 0 Å². The van der Waals surface area contributed by atoms with Gasteiger partial charge in [0.15, 0.2) is 0 Å². The first-order chi connectivity index (χ1) is 16.2. The molecule has 8 heteroatoms. The maximum Gasteiger partial charge on any atom is 0.342 e. The Balaban J connectivity index is 1.46. The second-order valence-electron chi connectivity index (χ2n) is 8.88. The Morgan fingerprint density at radius 1 is 1.29 bits per heavy atom. The molecule has 8 nitrogen and oxygen atoms in total. The fourth-order valence-corrected chi connectivity index (χ4v) is 3.79. The molecular weight excluding hydrogens is 430 g/mol. The normalized spacial score (nSPS) is 15.7. The SMILES string of the molecule is CN1C(=O)[C@@H](NC(=O)n2cc(Cc3ccccn3)cn2)CCc2ccc(C#CC(C)(C)O)cc21. The van der Waals surface area contributed by atoms with Crippen molar-refractivity contribution in [2.24, 2.45) is 0 Å². The molecule has 0 unspecified atom stereocenters. The van der Waals surface area contributed by atoms with Crippen molar-refractivity contribution in [2.45, 2.75) is 44.8 Å². The number of pyridine rings is 1. The molecule has 2 N–H and O–H groups in total. The Hall–Kier alpha value is -3.96. The van der Waals surface area contributed by atoms with Crippen molar-refractivity contribution >= 4 is 17.6 Å². The monoisotopic (exact) mass is 457 g/mol. The number of likely N-dealkylation sites (N-methyl/N-ethyl adjacent to an activating group) is 1. The molecule has 4 rings (SSSR count). The lowest BCUT2D eigenvalue weighted by molar-refractivity contribution is -0.120. The molecule has 1 aliphatic rings. The number of fused-ring (bicyclic) bond motifs is 1. The van der Waals surface area contributed by atoms with Crippen LogP contribution in [0.2, 0.25) is 0 Å². The van der Waals surface area contributed by atoms with Crippen LogP contribution in [0.5, 0.6) is 0 Å². The number of benzene rings is 1. The number of carbonyl (C=O) groups is 2. The summed E-state index contributed by atoms with van der Waals surface area (Å²) in [5.74, 6) is 5.53. The minimum Gasteiger partial charge on any atom is -0.378 e. The first-order valence-corrected chi connectivity index (χ1v) is 11.1. The highest BCUT2D eigenvalue weighted by atomic mass is 16.3. The van der Waals surface area contributed by atoms with Crippen molar-refractivity contribution in [3.05, 3.63) is 77.4 Å². The van der Waals surface area contributed by atoms with E-state index in [0.29, 0.717) is 24.8 Å². The zero-order valence-electron chi connectivity index (χ0n) is 19.4. The van der Waals surface area contributed by atoms with E-state index in [1.54, 1.807) is 44.4 Å². The van der Waals surface area contributed by atoms with Crippen LogP contribution in [0.4, 0.5) is 10.5 Å². The third kappa shape index (κ3) is 5.50. The van der Waals surface area contributed by atoms with Gasteiger partial charge in [-0.05, 0) is 62.1 Å². The lowest BCUT2D eigenvalue weighted by Gasteiger charge is -2.22. The first-order valence-electron chi connectivity index (χ1n) is 11.1. The number of hydrogen-bond acceptors (Lipinski definition) is 5. The van der Waals surface area contributed by atoms with Gasteiger partial charge in [-0.25, -0.2) is 4.79 Å². The van der Waals surface area contributed by atoms with Crippen LogP contribution in [0.25, 0.3) is 0 Å². The molecule has 2 amide bonds. The van der Waals surface area contributed by atoms with Gasteiger partial charge in [0.05, 0.1) is 6.20 Å². The topological polar surface area (TPSA) is 100 Å². The van der Waals surface area contributed by atoms with Crippen molar-refractivity contribution in [1.29, 1.82) is 0 Å². The van der Waals surface area contributed by atoms with E-state index >= 15 is 0 Å². The Labute approximate surface area is 198 Å². The van der Waals surface area contributed by atoms with Crippen molar-refractivity contribution in [3.8, 4) is 11.8 Å². The third-order valence-electron chi connectivity index (χ3n) is 5.54. The summed E-state index contributed by atoms with van der Waals surface area (Å²) in [6, 6.07) is 10.2. The second-order valence-corrected chi connectivity index (χ2v) is 8.88. The quantitative estimate of drug-likeness (QED) is 0.589. The predicted octanol–water partition coefficient (Wildman–Crippen LogP) is 2.53. The number of aromatic nitrogens is 3. The van der Waals surface area contributed by atoms with Crippen molar-refractivity contribution in [2.75, 3.05) is 11.9 Å². The summed E-state index contributed by atoms with van der Waals surface area (Å²) in [7, 11) is 1.69. The average molecular weight is 458 g/mol. The Morgan fingerprint density at radius 2 is 2.12 bits per heavy atom.